The zero-order valence-corrected chi connectivity index (χ0v) is 16.4. The van der Waals surface area contributed by atoms with E-state index < -0.39 is 0 Å². The quantitative estimate of drug-likeness (QED) is 0.771. The number of quaternary nitrogens is 1. The number of aliphatic imine (C=N–C) groups is 1. The minimum Gasteiger partial charge on any atom is -1.00 e. The molecule has 0 saturated heterocycles. The molecule has 26 heavy (non-hydrogen) atoms. The van der Waals surface area contributed by atoms with Gasteiger partial charge < -0.3 is 26.8 Å². The topological polar surface area (TPSA) is 35.3 Å². The summed E-state index contributed by atoms with van der Waals surface area (Å²) in [6, 6.07) is 12.7. The molecule has 0 radical (unpaired) electrons. The number of ether oxygens (including phenoxy) is 2. The van der Waals surface area contributed by atoms with Crippen LogP contribution in [0.3, 0.4) is 0 Å². The maximum absolute atomic E-state index is 5.44. The van der Waals surface area contributed by atoms with E-state index in [0.29, 0.717) is 0 Å². The summed E-state index contributed by atoms with van der Waals surface area (Å²) in [5, 5.41) is 0. The number of allylic oxidation sites excluding steroid dienone is 1. The molecule has 0 atom stereocenters. The number of fused-ring (bicyclic) bond motifs is 1. The lowest BCUT2D eigenvalue weighted by Gasteiger charge is -2.18. The second-order valence-corrected chi connectivity index (χ2v) is 6.34. The molecule has 1 aliphatic rings. The van der Waals surface area contributed by atoms with Gasteiger partial charge in [0.2, 0.25) is 0 Å². The molecule has 0 unspecified atom stereocenters. The van der Waals surface area contributed by atoms with Crippen molar-refractivity contribution in [2.45, 2.75) is 6.42 Å². The normalized spacial score (nSPS) is 13.2. The van der Waals surface area contributed by atoms with Crippen LogP contribution in [0.15, 0.2) is 47.5 Å². The Bertz CT molecular complexity index is 812. The van der Waals surface area contributed by atoms with Gasteiger partial charge in [-0.2, -0.15) is 0 Å². The van der Waals surface area contributed by atoms with Crippen molar-refractivity contribution >= 4 is 17.5 Å². The minimum atomic E-state index is 0. The molecule has 1 N–H and O–H groups in total. The van der Waals surface area contributed by atoms with Gasteiger partial charge in [-0.25, -0.2) is 0 Å². The van der Waals surface area contributed by atoms with E-state index in [1.165, 1.54) is 21.7 Å². The third kappa shape index (κ3) is 4.26. The Labute approximate surface area is 161 Å². The van der Waals surface area contributed by atoms with Crippen molar-refractivity contribution in [1.82, 2.24) is 0 Å². The van der Waals surface area contributed by atoms with Crippen molar-refractivity contribution < 1.29 is 26.8 Å². The van der Waals surface area contributed by atoms with Crippen LogP contribution in [0.25, 0.3) is 6.08 Å². The number of benzene rings is 2. The van der Waals surface area contributed by atoms with Crippen LogP contribution in [-0.4, -0.2) is 40.6 Å². The Morgan fingerprint density at radius 3 is 2.23 bits per heavy atom. The van der Waals surface area contributed by atoms with E-state index >= 15 is 0 Å². The Morgan fingerprint density at radius 1 is 0.962 bits per heavy atom. The summed E-state index contributed by atoms with van der Waals surface area (Å²) in [4.78, 5) is 6.01. The van der Waals surface area contributed by atoms with Gasteiger partial charge in [0.1, 0.15) is 5.69 Å². The third-order valence-electron chi connectivity index (χ3n) is 4.47. The van der Waals surface area contributed by atoms with E-state index in [1.807, 2.05) is 6.07 Å². The van der Waals surface area contributed by atoms with E-state index in [4.69, 9.17) is 14.5 Å². The molecule has 0 amide bonds. The van der Waals surface area contributed by atoms with Crippen LogP contribution in [0, 0.1) is 0 Å². The lowest BCUT2D eigenvalue weighted by atomic mass is 9.96. The molecule has 5 heteroatoms. The van der Waals surface area contributed by atoms with Gasteiger partial charge in [0.15, 0.2) is 11.5 Å². The van der Waals surface area contributed by atoms with Crippen molar-refractivity contribution in [3.8, 4) is 11.5 Å². The minimum absolute atomic E-state index is 0. The molecule has 0 aromatic heterocycles. The highest BCUT2D eigenvalue weighted by atomic mass is 35.5. The van der Waals surface area contributed by atoms with Crippen molar-refractivity contribution in [3.63, 3.8) is 0 Å². The van der Waals surface area contributed by atoms with Crippen LogP contribution in [0.2, 0.25) is 0 Å². The average Bonchev–Trinajstić information content (AvgIpc) is 2.65. The van der Waals surface area contributed by atoms with Gasteiger partial charge in [0.25, 0.3) is 0 Å². The smallest absolute Gasteiger partial charge is 0.161 e. The highest BCUT2D eigenvalue weighted by Crippen LogP contribution is 2.32. The summed E-state index contributed by atoms with van der Waals surface area (Å²) in [5.41, 5.74) is 5.80. The van der Waals surface area contributed by atoms with Crippen molar-refractivity contribution in [3.05, 3.63) is 59.2 Å². The molecule has 0 fully saturated rings. The zero-order valence-electron chi connectivity index (χ0n) is 15.7. The lowest BCUT2D eigenvalue weighted by molar-refractivity contribution is -0.786. The maximum atomic E-state index is 5.44. The summed E-state index contributed by atoms with van der Waals surface area (Å²) in [5.74, 6) is 1.51. The van der Waals surface area contributed by atoms with E-state index in [-0.39, 0.29) is 12.4 Å². The van der Waals surface area contributed by atoms with Crippen LogP contribution in [0.1, 0.15) is 16.7 Å². The largest absolute Gasteiger partial charge is 1.00 e. The average molecular weight is 373 g/mol. The molecule has 2 aromatic carbocycles. The number of hydrogen-bond donors (Lipinski definition) is 1. The van der Waals surface area contributed by atoms with Crippen LogP contribution in [-0.2, 0) is 6.42 Å². The van der Waals surface area contributed by atoms with Crippen LogP contribution in [0.5, 0.6) is 11.5 Å². The molecular weight excluding hydrogens is 348 g/mol. The van der Waals surface area contributed by atoms with Gasteiger partial charge in [0, 0.05) is 12.1 Å². The van der Waals surface area contributed by atoms with Gasteiger partial charge in [-0.1, -0.05) is 6.08 Å². The molecule has 3 rings (SSSR count). The predicted octanol–water partition coefficient (Wildman–Crippen LogP) is -0.458. The number of hydrogen-bond acceptors (Lipinski definition) is 3. The van der Waals surface area contributed by atoms with Gasteiger partial charge in [-0.15, -0.1) is 0 Å². The Kier molecular flexibility index (Phi) is 6.83. The first-order valence-corrected chi connectivity index (χ1v) is 8.50. The van der Waals surface area contributed by atoms with Crippen LogP contribution < -0.4 is 26.8 Å². The SMILES string of the molecule is COc1cc2c(cc1OC)C(C=Cc1ccc([NH+](C)C)cc1)=NCC2.[Cl-]. The molecule has 1 heterocycles. The van der Waals surface area contributed by atoms with Gasteiger partial charge in [-0.3, -0.25) is 4.99 Å². The highest BCUT2D eigenvalue weighted by molar-refractivity contribution is 6.12. The summed E-state index contributed by atoms with van der Waals surface area (Å²) >= 11 is 0. The molecule has 0 spiro atoms. The van der Waals surface area contributed by atoms with E-state index in [2.05, 4.69) is 56.6 Å². The molecule has 0 saturated carbocycles. The Hall–Kier alpha value is -2.30. The first kappa shape index (κ1) is 20.0. The first-order valence-electron chi connectivity index (χ1n) is 8.50. The molecule has 2 aromatic rings. The standard InChI is InChI=1S/C21H24N2O2.ClH/c1-23(2)17-8-5-15(6-9-17)7-10-19-18-14-21(25-4)20(24-3)13-16(18)11-12-22-19;/h5-10,13-14H,11-12H2,1-4H3;1H. The summed E-state index contributed by atoms with van der Waals surface area (Å²) in [6.45, 7) is 0.797. The molecule has 1 aliphatic heterocycles. The van der Waals surface area contributed by atoms with Crippen LogP contribution >= 0.6 is 0 Å². The fourth-order valence-electron chi connectivity index (χ4n) is 2.99. The van der Waals surface area contributed by atoms with Gasteiger partial charge in [-0.05, 0) is 60.0 Å². The van der Waals surface area contributed by atoms with Crippen molar-refractivity contribution in [2.24, 2.45) is 4.99 Å². The fourth-order valence-corrected chi connectivity index (χ4v) is 2.99. The van der Waals surface area contributed by atoms with Crippen molar-refractivity contribution in [2.75, 3.05) is 34.9 Å². The maximum Gasteiger partial charge on any atom is 0.161 e. The second-order valence-electron chi connectivity index (χ2n) is 6.34. The van der Waals surface area contributed by atoms with Crippen molar-refractivity contribution in [1.29, 1.82) is 0 Å². The number of nitrogens with zero attached hydrogens (tertiary/aromatic N) is 1. The molecule has 0 bridgehead atoms. The number of rotatable bonds is 5. The summed E-state index contributed by atoms with van der Waals surface area (Å²) in [6.07, 6.45) is 5.12. The summed E-state index contributed by atoms with van der Waals surface area (Å²) < 4.78 is 10.9. The lowest BCUT2D eigenvalue weighted by Crippen LogP contribution is -3.00. The van der Waals surface area contributed by atoms with Gasteiger partial charge in [0.05, 0.1) is 34.0 Å². The number of methoxy groups -OCH3 is 2. The van der Waals surface area contributed by atoms with Gasteiger partial charge >= 0.3 is 0 Å². The molecular formula is C21H25ClN2O2. The number of nitrogens with one attached hydrogen (secondary N) is 1. The third-order valence-corrected chi connectivity index (χ3v) is 4.47. The summed E-state index contributed by atoms with van der Waals surface area (Å²) in [7, 11) is 7.58. The zero-order chi connectivity index (χ0) is 17.8. The molecule has 0 aliphatic carbocycles. The monoisotopic (exact) mass is 372 g/mol. The molecule has 4 nitrogen and oxygen atoms in total. The first-order chi connectivity index (χ1) is 12.1. The van der Waals surface area contributed by atoms with E-state index in [1.54, 1.807) is 14.2 Å². The predicted molar refractivity (Wildman–Crippen MR) is 103 cm³/mol. The highest BCUT2D eigenvalue weighted by Gasteiger charge is 2.16. The fraction of sp³-hybridized carbons (Fsp3) is 0.286. The Balaban J connectivity index is 0.00000243. The van der Waals surface area contributed by atoms with Crippen LogP contribution in [0.4, 0.5) is 5.69 Å². The molecule has 138 valence electrons. The number of halogens is 1. The second kappa shape index (κ2) is 8.88. The van der Waals surface area contributed by atoms with E-state index in [9.17, 15) is 0 Å². The Morgan fingerprint density at radius 2 is 1.62 bits per heavy atom. The van der Waals surface area contributed by atoms with E-state index in [0.717, 1.165) is 35.7 Å².